The van der Waals surface area contributed by atoms with E-state index in [-0.39, 0.29) is 17.2 Å². The topological polar surface area (TPSA) is 204 Å². The van der Waals surface area contributed by atoms with E-state index in [1.165, 1.54) is 11.0 Å². The lowest BCUT2D eigenvalue weighted by atomic mass is 10.1. The van der Waals surface area contributed by atoms with E-state index in [2.05, 4.69) is 20.5 Å². The molecule has 3 heterocycles. The molecule has 0 amide bonds. The van der Waals surface area contributed by atoms with Gasteiger partial charge in [-0.2, -0.15) is 5.10 Å². The molecule has 0 spiro atoms. The molecule has 12 nitrogen and oxygen atoms in total. The number of nitrogens with one attached hydrogen (secondary N) is 1. The van der Waals surface area contributed by atoms with Gasteiger partial charge in [0, 0.05) is 0 Å². The summed E-state index contributed by atoms with van der Waals surface area (Å²) < 4.78 is 6.69. The highest BCUT2D eigenvalue weighted by atomic mass is 16.6. The summed E-state index contributed by atoms with van der Waals surface area (Å²) >= 11 is 0. The number of fused-ring (bicyclic) bond motifs is 1. The fourth-order valence-electron chi connectivity index (χ4n) is 2.58. The van der Waals surface area contributed by atoms with Gasteiger partial charge in [-0.1, -0.05) is 0 Å². The Balaban J connectivity index is 2.14. The highest BCUT2D eigenvalue weighted by Gasteiger charge is 2.45. The fraction of sp³-hybridized carbons (Fsp3) is 0.545. The Bertz CT molecular complexity index is 709. The Labute approximate surface area is 129 Å². The van der Waals surface area contributed by atoms with Crippen LogP contribution in [0.2, 0.25) is 0 Å². The van der Waals surface area contributed by atoms with E-state index in [4.69, 9.17) is 22.0 Å². The quantitative estimate of drug-likeness (QED) is 0.166. The molecule has 5 atom stereocenters. The van der Waals surface area contributed by atoms with Crippen LogP contribution in [0, 0.1) is 0 Å². The van der Waals surface area contributed by atoms with Crippen molar-refractivity contribution < 1.29 is 20.1 Å². The Morgan fingerprint density at radius 1 is 1.35 bits per heavy atom. The van der Waals surface area contributed by atoms with Gasteiger partial charge in [-0.05, 0) is 0 Å². The zero-order valence-electron chi connectivity index (χ0n) is 11.9. The number of nitrogens with zero attached hydrogens (tertiary/aromatic N) is 4. The van der Waals surface area contributed by atoms with Crippen LogP contribution >= 0.6 is 0 Å². The second-order valence-corrected chi connectivity index (χ2v) is 5.16. The maximum absolute atomic E-state index is 10.2. The van der Waals surface area contributed by atoms with E-state index < -0.39 is 37.3 Å². The van der Waals surface area contributed by atoms with Crippen LogP contribution in [-0.2, 0) is 4.74 Å². The summed E-state index contributed by atoms with van der Waals surface area (Å²) in [6.07, 6.45) is -4.24. The third kappa shape index (κ3) is 2.42. The van der Waals surface area contributed by atoms with Crippen molar-refractivity contribution in [2.75, 3.05) is 12.3 Å². The average Bonchev–Trinajstić information content (AvgIpc) is 3.07. The molecule has 12 heteroatoms. The minimum Gasteiger partial charge on any atom is -0.394 e. The van der Waals surface area contributed by atoms with Crippen molar-refractivity contribution in [1.82, 2.24) is 25.2 Å². The minimum atomic E-state index is -1.32. The number of aliphatic hydroxyl groups is 3. The van der Waals surface area contributed by atoms with E-state index in [0.29, 0.717) is 5.39 Å². The molecule has 0 saturated carbocycles. The Hall–Kier alpha value is -1.93. The van der Waals surface area contributed by atoms with Crippen LogP contribution in [0.3, 0.4) is 0 Å². The molecular weight excluding hydrogens is 308 g/mol. The molecule has 1 fully saturated rings. The van der Waals surface area contributed by atoms with Crippen LogP contribution < -0.4 is 22.7 Å². The van der Waals surface area contributed by atoms with E-state index in [1.54, 1.807) is 0 Å². The lowest BCUT2D eigenvalue weighted by Gasteiger charge is -2.15. The van der Waals surface area contributed by atoms with Gasteiger partial charge in [0.05, 0.1) is 12.0 Å². The van der Waals surface area contributed by atoms with Crippen molar-refractivity contribution in [3.05, 3.63) is 12.0 Å². The van der Waals surface area contributed by atoms with Gasteiger partial charge in [-0.25, -0.2) is 20.1 Å². The number of hydrogen-bond donors (Lipinski definition) is 7. The molecule has 0 aliphatic carbocycles. The molecule has 10 N–H and O–H groups in total. The first-order chi connectivity index (χ1) is 11.0. The lowest BCUT2D eigenvalue weighted by molar-refractivity contribution is -0.0568. The summed E-state index contributed by atoms with van der Waals surface area (Å²) in [5.74, 6) is 5.47. The molecule has 2 unspecified atom stereocenters. The molecule has 126 valence electrons. The van der Waals surface area contributed by atoms with Gasteiger partial charge in [0.2, 0.25) is 0 Å². The molecule has 0 bridgehead atoms. The van der Waals surface area contributed by atoms with E-state index >= 15 is 0 Å². The van der Waals surface area contributed by atoms with E-state index in [1.807, 2.05) is 0 Å². The van der Waals surface area contributed by atoms with Crippen LogP contribution in [-0.4, -0.2) is 60.0 Å². The Morgan fingerprint density at radius 2 is 2.09 bits per heavy atom. The Morgan fingerprint density at radius 3 is 2.70 bits per heavy atom. The molecule has 0 radical (unpaired) electrons. The van der Waals surface area contributed by atoms with Gasteiger partial charge in [0.25, 0.3) is 0 Å². The van der Waals surface area contributed by atoms with Crippen molar-refractivity contribution in [3.63, 3.8) is 0 Å². The normalized spacial score (nSPS) is 29.3. The zero-order chi connectivity index (χ0) is 16.7. The molecule has 0 aromatic carbocycles. The standard InChI is InChI=1S/C11H18N8O4/c12-8-4-5(9(13)17-14)18-19(10(4)16-2-15-8)11-7(22)6(21)3(1-20)23-11/h2-3,6-7,9,11,17,20-22H,1,13-14H2,(H2,12,15,16)/t3-,6-,7-,9?,11?/m1/s1. The van der Waals surface area contributed by atoms with Crippen LogP contribution in [0.5, 0.6) is 0 Å². The SMILES string of the molecule is NNC(N)c1nn(C2O[C@H](CO)[C@@H](O)[C@H]2O)c2ncnc(N)c12. The van der Waals surface area contributed by atoms with E-state index in [9.17, 15) is 15.3 Å². The lowest BCUT2D eigenvalue weighted by Crippen LogP contribution is -2.35. The molecular formula is C11H18N8O4. The second-order valence-electron chi connectivity index (χ2n) is 5.16. The minimum absolute atomic E-state index is 0.133. The zero-order valence-corrected chi connectivity index (χ0v) is 11.9. The van der Waals surface area contributed by atoms with Crippen LogP contribution in [0.4, 0.5) is 5.82 Å². The number of aromatic nitrogens is 4. The smallest absolute Gasteiger partial charge is 0.181 e. The third-order valence-electron chi connectivity index (χ3n) is 3.78. The summed E-state index contributed by atoms with van der Waals surface area (Å²) in [5, 5.41) is 33.8. The van der Waals surface area contributed by atoms with Crippen molar-refractivity contribution in [1.29, 1.82) is 0 Å². The molecule has 1 aliphatic heterocycles. The number of rotatable bonds is 4. The van der Waals surface area contributed by atoms with Gasteiger partial charge < -0.3 is 31.5 Å². The second kappa shape index (κ2) is 5.93. The maximum atomic E-state index is 10.2. The molecule has 23 heavy (non-hydrogen) atoms. The summed E-state index contributed by atoms with van der Waals surface area (Å²) in [6.45, 7) is -0.457. The number of ether oxygens (including phenoxy) is 1. The van der Waals surface area contributed by atoms with Crippen LogP contribution in [0.15, 0.2) is 6.33 Å². The summed E-state index contributed by atoms with van der Waals surface area (Å²) in [7, 11) is 0. The van der Waals surface area contributed by atoms with Crippen LogP contribution in [0.25, 0.3) is 11.0 Å². The molecule has 2 aromatic heterocycles. The summed E-state index contributed by atoms with van der Waals surface area (Å²) in [5.41, 5.74) is 14.6. The van der Waals surface area contributed by atoms with Crippen LogP contribution in [0.1, 0.15) is 18.1 Å². The van der Waals surface area contributed by atoms with Crippen molar-refractivity contribution in [2.45, 2.75) is 30.7 Å². The van der Waals surface area contributed by atoms with Gasteiger partial charge >= 0.3 is 0 Å². The maximum Gasteiger partial charge on any atom is 0.181 e. The molecule has 2 aromatic rings. The van der Waals surface area contributed by atoms with Gasteiger partial charge in [-0.15, -0.1) is 0 Å². The van der Waals surface area contributed by atoms with E-state index in [0.717, 1.165) is 0 Å². The van der Waals surface area contributed by atoms with Gasteiger partial charge in [0.1, 0.15) is 42.3 Å². The molecule has 1 aliphatic rings. The first-order valence-electron chi connectivity index (χ1n) is 6.82. The number of hydrazine groups is 1. The number of aliphatic hydroxyl groups excluding tert-OH is 3. The first kappa shape index (κ1) is 15.9. The largest absolute Gasteiger partial charge is 0.394 e. The molecule has 1 saturated heterocycles. The predicted molar refractivity (Wildman–Crippen MR) is 77.0 cm³/mol. The summed E-state index contributed by atoms with van der Waals surface area (Å²) in [4.78, 5) is 7.97. The first-order valence-corrected chi connectivity index (χ1v) is 6.82. The highest BCUT2D eigenvalue weighted by molar-refractivity contribution is 5.88. The number of nitrogen functional groups attached to an aromatic ring is 1. The number of anilines is 1. The monoisotopic (exact) mass is 326 g/mol. The Kier molecular flexibility index (Phi) is 4.11. The number of nitrogens with two attached hydrogens (primary N) is 3. The van der Waals surface area contributed by atoms with Crippen molar-refractivity contribution in [2.24, 2.45) is 11.6 Å². The summed E-state index contributed by atoms with van der Waals surface area (Å²) in [6, 6.07) is 0. The van der Waals surface area contributed by atoms with Gasteiger partial charge in [-0.3, -0.25) is 5.84 Å². The average molecular weight is 326 g/mol. The van der Waals surface area contributed by atoms with Crippen molar-refractivity contribution >= 4 is 16.9 Å². The highest BCUT2D eigenvalue weighted by Crippen LogP contribution is 2.33. The fourth-order valence-corrected chi connectivity index (χ4v) is 2.58. The van der Waals surface area contributed by atoms with Gasteiger partial charge in [0.15, 0.2) is 11.9 Å². The molecule has 3 rings (SSSR count). The van der Waals surface area contributed by atoms with Crippen molar-refractivity contribution in [3.8, 4) is 0 Å². The number of hydrogen-bond acceptors (Lipinski definition) is 11. The predicted octanol–water partition coefficient (Wildman–Crippen LogP) is -3.56. The third-order valence-corrected chi connectivity index (χ3v) is 3.78.